The molecule has 1 aromatic rings. The standard InChI is InChI=1S/C13H18Cl2N2O/c1-9(17(4)8-13(18)16(2)3)11-6-5-10(14)7-12(11)15/h5-7,9H,8H2,1-4H3. The van der Waals surface area contributed by atoms with E-state index in [1.165, 1.54) is 0 Å². The minimum atomic E-state index is 0.0543. The van der Waals surface area contributed by atoms with E-state index in [0.717, 1.165) is 5.56 Å². The van der Waals surface area contributed by atoms with E-state index in [1.54, 1.807) is 31.1 Å². The lowest BCUT2D eigenvalue weighted by Gasteiger charge is -2.26. The van der Waals surface area contributed by atoms with Crippen molar-refractivity contribution >= 4 is 29.1 Å². The van der Waals surface area contributed by atoms with Crippen molar-refractivity contribution in [3.8, 4) is 0 Å². The van der Waals surface area contributed by atoms with Crippen LogP contribution in [0.25, 0.3) is 0 Å². The monoisotopic (exact) mass is 288 g/mol. The SMILES string of the molecule is CC(c1ccc(Cl)cc1Cl)N(C)CC(=O)N(C)C. The van der Waals surface area contributed by atoms with E-state index in [1.807, 2.05) is 24.9 Å². The molecule has 1 amide bonds. The van der Waals surface area contributed by atoms with Gasteiger partial charge < -0.3 is 4.90 Å². The highest BCUT2D eigenvalue weighted by atomic mass is 35.5. The number of rotatable bonds is 4. The molecule has 0 heterocycles. The van der Waals surface area contributed by atoms with E-state index >= 15 is 0 Å². The lowest BCUT2D eigenvalue weighted by atomic mass is 10.1. The third-order valence-corrected chi connectivity index (χ3v) is 3.52. The van der Waals surface area contributed by atoms with Crippen LogP contribution in [0.4, 0.5) is 0 Å². The zero-order valence-electron chi connectivity index (χ0n) is 11.1. The average molecular weight is 289 g/mol. The fourth-order valence-corrected chi connectivity index (χ4v) is 2.14. The molecule has 0 saturated heterocycles. The Kier molecular flexibility index (Phi) is 5.45. The van der Waals surface area contributed by atoms with E-state index in [-0.39, 0.29) is 11.9 Å². The Morgan fingerprint density at radius 2 is 1.89 bits per heavy atom. The molecule has 0 aliphatic heterocycles. The quantitative estimate of drug-likeness (QED) is 0.850. The van der Waals surface area contributed by atoms with Crippen molar-refractivity contribution in [3.63, 3.8) is 0 Å². The van der Waals surface area contributed by atoms with Gasteiger partial charge >= 0.3 is 0 Å². The highest BCUT2D eigenvalue weighted by molar-refractivity contribution is 6.35. The predicted octanol–water partition coefficient (Wildman–Crippen LogP) is 3.07. The van der Waals surface area contributed by atoms with Crippen LogP contribution in [-0.4, -0.2) is 43.4 Å². The first kappa shape index (κ1) is 15.3. The predicted molar refractivity (Wildman–Crippen MR) is 76.2 cm³/mol. The Balaban J connectivity index is 2.80. The number of benzene rings is 1. The maximum Gasteiger partial charge on any atom is 0.236 e. The first-order valence-corrected chi connectivity index (χ1v) is 6.44. The van der Waals surface area contributed by atoms with Crippen LogP contribution in [0, 0.1) is 0 Å². The third-order valence-electron chi connectivity index (χ3n) is 2.96. The van der Waals surface area contributed by atoms with Gasteiger partial charge in [-0.15, -0.1) is 0 Å². The van der Waals surface area contributed by atoms with Gasteiger partial charge in [-0.2, -0.15) is 0 Å². The van der Waals surface area contributed by atoms with Crippen LogP contribution in [0.15, 0.2) is 18.2 Å². The van der Waals surface area contributed by atoms with Gasteiger partial charge in [-0.25, -0.2) is 0 Å². The maximum atomic E-state index is 11.7. The number of likely N-dealkylation sites (N-methyl/N-ethyl adjacent to an activating group) is 2. The summed E-state index contributed by atoms with van der Waals surface area (Å²) in [5.74, 6) is 0.0643. The molecule has 1 atom stereocenters. The summed E-state index contributed by atoms with van der Waals surface area (Å²) < 4.78 is 0. The Labute approximate surface area is 118 Å². The number of hydrogen-bond acceptors (Lipinski definition) is 2. The molecule has 3 nitrogen and oxygen atoms in total. The molecule has 100 valence electrons. The molecular formula is C13H18Cl2N2O. The second kappa shape index (κ2) is 6.41. The number of carbonyl (C=O) groups excluding carboxylic acids is 1. The number of halogens is 2. The smallest absolute Gasteiger partial charge is 0.236 e. The lowest BCUT2D eigenvalue weighted by molar-refractivity contribution is -0.130. The van der Waals surface area contributed by atoms with Crippen molar-refractivity contribution in [1.29, 1.82) is 0 Å². The van der Waals surface area contributed by atoms with Crippen molar-refractivity contribution in [2.24, 2.45) is 0 Å². The Morgan fingerprint density at radius 3 is 2.39 bits per heavy atom. The largest absolute Gasteiger partial charge is 0.348 e. The molecule has 0 saturated carbocycles. The van der Waals surface area contributed by atoms with Crippen molar-refractivity contribution < 1.29 is 4.79 Å². The maximum absolute atomic E-state index is 11.7. The fraction of sp³-hybridized carbons (Fsp3) is 0.462. The number of amides is 1. The van der Waals surface area contributed by atoms with E-state index in [0.29, 0.717) is 16.6 Å². The van der Waals surface area contributed by atoms with Crippen LogP contribution in [0.2, 0.25) is 10.0 Å². The van der Waals surface area contributed by atoms with Gasteiger partial charge in [-0.05, 0) is 31.7 Å². The van der Waals surface area contributed by atoms with Crippen LogP contribution in [0.1, 0.15) is 18.5 Å². The molecule has 0 bridgehead atoms. The van der Waals surface area contributed by atoms with Gasteiger partial charge in [-0.1, -0.05) is 29.3 Å². The molecule has 18 heavy (non-hydrogen) atoms. The summed E-state index contributed by atoms with van der Waals surface area (Å²) in [6.07, 6.45) is 0. The first-order chi connectivity index (χ1) is 8.32. The van der Waals surface area contributed by atoms with Crippen LogP contribution < -0.4 is 0 Å². The normalized spacial score (nSPS) is 12.6. The molecule has 0 fully saturated rings. The average Bonchev–Trinajstić information content (AvgIpc) is 2.27. The summed E-state index contributed by atoms with van der Waals surface area (Å²) in [6.45, 7) is 2.37. The molecule has 0 radical (unpaired) electrons. The first-order valence-electron chi connectivity index (χ1n) is 5.68. The molecule has 0 aliphatic carbocycles. The second-order valence-electron chi connectivity index (χ2n) is 4.55. The molecule has 1 rings (SSSR count). The topological polar surface area (TPSA) is 23.6 Å². The third kappa shape index (κ3) is 3.87. The highest BCUT2D eigenvalue weighted by Crippen LogP contribution is 2.28. The molecule has 0 spiro atoms. The van der Waals surface area contributed by atoms with E-state index in [2.05, 4.69) is 0 Å². The Morgan fingerprint density at radius 1 is 1.28 bits per heavy atom. The molecule has 0 N–H and O–H groups in total. The molecule has 0 aliphatic rings. The van der Waals surface area contributed by atoms with Crippen molar-refractivity contribution in [3.05, 3.63) is 33.8 Å². The fourth-order valence-electron chi connectivity index (χ4n) is 1.57. The van der Waals surface area contributed by atoms with Gasteiger partial charge in [0.1, 0.15) is 0 Å². The molecule has 1 unspecified atom stereocenters. The molecular weight excluding hydrogens is 271 g/mol. The van der Waals surface area contributed by atoms with Crippen molar-refractivity contribution in [2.75, 3.05) is 27.7 Å². The molecule has 0 aromatic heterocycles. The van der Waals surface area contributed by atoms with Crippen LogP contribution >= 0.6 is 23.2 Å². The van der Waals surface area contributed by atoms with Gasteiger partial charge in [0.25, 0.3) is 0 Å². The van der Waals surface area contributed by atoms with Gasteiger partial charge in [0, 0.05) is 30.2 Å². The number of hydrogen-bond donors (Lipinski definition) is 0. The van der Waals surface area contributed by atoms with Gasteiger partial charge in [0.2, 0.25) is 5.91 Å². The summed E-state index contributed by atoms with van der Waals surface area (Å²) in [5, 5.41) is 1.24. The van der Waals surface area contributed by atoms with E-state index < -0.39 is 0 Å². The summed E-state index contributed by atoms with van der Waals surface area (Å²) >= 11 is 12.0. The summed E-state index contributed by atoms with van der Waals surface area (Å²) in [6, 6.07) is 5.47. The second-order valence-corrected chi connectivity index (χ2v) is 5.39. The minimum absolute atomic E-state index is 0.0543. The zero-order valence-corrected chi connectivity index (χ0v) is 12.6. The number of carbonyl (C=O) groups is 1. The summed E-state index contributed by atoms with van der Waals surface area (Å²) in [7, 11) is 5.39. The Hall–Kier alpha value is -0.770. The summed E-state index contributed by atoms with van der Waals surface area (Å²) in [5.41, 5.74) is 0.968. The van der Waals surface area contributed by atoms with E-state index in [4.69, 9.17) is 23.2 Å². The zero-order chi connectivity index (χ0) is 13.9. The Bertz CT molecular complexity index is 435. The van der Waals surface area contributed by atoms with Gasteiger partial charge in [-0.3, -0.25) is 9.69 Å². The molecule has 5 heteroatoms. The van der Waals surface area contributed by atoms with Crippen molar-refractivity contribution in [1.82, 2.24) is 9.80 Å². The van der Waals surface area contributed by atoms with E-state index in [9.17, 15) is 4.79 Å². The van der Waals surface area contributed by atoms with Crippen LogP contribution in [-0.2, 0) is 4.79 Å². The molecule has 1 aromatic carbocycles. The van der Waals surface area contributed by atoms with Gasteiger partial charge in [0.15, 0.2) is 0 Å². The summed E-state index contributed by atoms with van der Waals surface area (Å²) in [4.78, 5) is 15.2. The highest BCUT2D eigenvalue weighted by Gasteiger charge is 2.18. The lowest BCUT2D eigenvalue weighted by Crippen LogP contribution is -2.35. The minimum Gasteiger partial charge on any atom is -0.348 e. The van der Waals surface area contributed by atoms with Gasteiger partial charge in [0.05, 0.1) is 6.54 Å². The van der Waals surface area contributed by atoms with Crippen molar-refractivity contribution in [2.45, 2.75) is 13.0 Å². The van der Waals surface area contributed by atoms with Crippen LogP contribution in [0.5, 0.6) is 0 Å². The van der Waals surface area contributed by atoms with Crippen LogP contribution in [0.3, 0.4) is 0 Å². The number of nitrogens with zero attached hydrogens (tertiary/aromatic N) is 2.